The number of hydrogen-bond acceptors (Lipinski definition) is 5. The number of rotatable bonds is 2. The SMILES string of the molecule is O=C(Nc1cc(F)ccc1F)N1CCN(c2nc3cccnc3s2)CC1. The molecule has 0 radical (unpaired) electrons. The molecule has 2 amide bonds. The van der Waals surface area contributed by atoms with Gasteiger partial charge in [0.1, 0.15) is 22.0 Å². The minimum atomic E-state index is -0.666. The van der Waals surface area contributed by atoms with Gasteiger partial charge in [0.15, 0.2) is 5.13 Å². The molecule has 1 saturated heterocycles. The fourth-order valence-electron chi connectivity index (χ4n) is 2.78. The number of aromatic nitrogens is 2. The highest BCUT2D eigenvalue weighted by Crippen LogP contribution is 2.27. The summed E-state index contributed by atoms with van der Waals surface area (Å²) in [5, 5.41) is 3.30. The molecular formula is C17H15F2N5OS. The number of pyridine rings is 1. The van der Waals surface area contributed by atoms with Crippen LogP contribution in [0.25, 0.3) is 10.3 Å². The fourth-order valence-corrected chi connectivity index (χ4v) is 3.74. The maximum atomic E-state index is 13.7. The predicted molar refractivity (Wildman–Crippen MR) is 96.6 cm³/mol. The van der Waals surface area contributed by atoms with Gasteiger partial charge in [0.25, 0.3) is 0 Å². The summed E-state index contributed by atoms with van der Waals surface area (Å²) in [6, 6.07) is 6.29. The van der Waals surface area contributed by atoms with Crippen molar-refractivity contribution < 1.29 is 13.6 Å². The lowest BCUT2D eigenvalue weighted by Crippen LogP contribution is -2.50. The van der Waals surface area contributed by atoms with Crippen LogP contribution in [0.1, 0.15) is 0 Å². The Bertz CT molecular complexity index is 922. The minimum Gasteiger partial charge on any atom is -0.344 e. The predicted octanol–water partition coefficient (Wildman–Crippen LogP) is 3.32. The van der Waals surface area contributed by atoms with Crippen LogP contribution in [0.5, 0.6) is 0 Å². The molecule has 3 aromatic rings. The Morgan fingerprint density at radius 3 is 2.73 bits per heavy atom. The highest BCUT2D eigenvalue weighted by atomic mass is 32.1. The molecule has 9 heteroatoms. The van der Waals surface area contributed by atoms with Crippen molar-refractivity contribution in [3.05, 3.63) is 48.2 Å². The van der Waals surface area contributed by atoms with Gasteiger partial charge in [-0.15, -0.1) is 0 Å². The number of carbonyl (C=O) groups excluding carboxylic acids is 1. The molecule has 0 unspecified atom stereocenters. The van der Waals surface area contributed by atoms with Crippen molar-refractivity contribution in [3.63, 3.8) is 0 Å². The Morgan fingerprint density at radius 1 is 1.15 bits per heavy atom. The van der Waals surface area contributed by atoms with Crippen LogP contribution in [0, 0.1) is 11.6 Å². The lowest BCUT2D eigenvalue weighted by molar-refractivity contribution is 0.208. The Labute approximate surface area is 152 Å². The molecule has 3 heterocycles. The van der Waals surface area contributed by atoms with E-state index in [9.17, 15) is 13.6 Å². The van der Waals surface area contributed by atoms with Gasteiger partial charge in [-0.25, -0.2) is 23.5 Å². The summed E-state index contributed by atoms with van der Waals surface area (Å²) >= 11 is 1.51. The molecule has 0 saturated carbocycles. The Morgan fingerprint density at radius 2 is 1.96 bits per heavy atom. The van der Waals surface area contributed by atoms with Gasteiger partial charge in [-0.1, -0.05) is 11.3 Å². The number of halogens is 2. The molecule has 1 N–H and O–H groups in total. The molecule has 26 heavy (non-hydrogen) atoms. The largest absolute Gasteiger partial charge is 0.344 e. The lowest BCUT2D eigenvalue weighted by Gasteiger charge is -2.34. The van der Waals surface area contributed by atoms with Gasteiger partial charge in [-0.05, 0) is 24.3 Å². The van der Waals surface area contributed by atoms with Crippen molar-refractivity contribution in [2.75, 3.05) is 36.4 Å². The van der Waals surface area contributed by atoms with E-state index in [1.807, 2.05) is 12.1 Å². The standard InChI is InChI=1S/C17H15F2N5OS/c18-11-3-4-12(19)14(10-11)21-16(25)23-6-8-24(9-7-23)17-22-13-2-1-5-20-15(13)26-17/h1-5,10H,6-9H2,(H,21,25). The number of benzene rings is 1. The summed E-state index contributed by atoms with van der Waals surface area (Å²) in [4.78, 5) is 25.7. The molecule has 1 aliphatic heterocycles. The number of carbonyl (C=O) groups is 1. The van der Waals surface area contributed by atoms with E-state index in [1.165, 1.54) is 11.3 Å². The average molecular weight is 375 g/mol. The first-order valence-corrected chi connectivity index (χ1v) is 8.89. The summed E-state index contributed by atoms with van der Waals surface area (Å²) in [6.07, 6.45) is 1.73. The summed E-state index contributed by atoms with van der Waals surface area (Å²) in [5.41, 5.74) is 0.698. The third kappa shape index (κ3) is 3.30. The van der Waals surface area contributed by atoms with Crippen LogP contribution in [-0.2, 0) is 0 Å². The molecule has 1 fully saturated rings. The quantitative estimate of drug-likeness (QED) is 0.746. The third-order valence-corrected chi connectivity index (χ3v) is 5.20. The zero-order chi connectivity index (χ0) is 18.1. The normalized spacial score (nSPS) is 14.7. The summed E-state index contributed by atoms with van der Waals surface area (Å²) in [6.45, 7) is 2.15. The van der Waals surface area contributed by atoms with Gasteiger partial charge in [0.05, 0.1) is 5.69 Å². The molecule has 134 valence electrons. The second-order valence-corrected chi connectivity index (χ2v) is 6.81. The van der Waals surface area contributed by atoms with Gasteiger partial charge < -0.3 is 15.1 Å². The maximum Gasteiger partial charge on any atom is 0.322 e. The van der Waals surface area contributed by atoms with E-state index in [0.29, 0.717) is 26.2 Å². The smallest absolute Gasteiger partial charge is 0.322 e. The zero-order valence-electron chi connectivity index (χ0n) is 13.7. The first kappa shape index (κ1) is 16.6. The highest BCUT2D eigenvalue weighted by Gasteiger charge is 2.24. The number of nitrogens with one attached hydrogen (secondary N) is 1. The van der Waals surface area contributed by atoms with Crippen molar-refractivity contribution in [2.45, 2.75) is 0 Å². The molecule has 1 aliphatic rings. The molecule has 0 spiro atoms. The summed E-state index contributed by atoms with van der Waals surface area (Å²) < 4.78 is 26.9. The third-order valence-electron chi connectivity index (χ3n) is 4.16. The molecule has 1 aromatic carbocycles. The van der Waals surface area contributed by atoms with Crippen LogP contribution < -0.4 is 10.2 Å². The Kier molecular flexibility index (Phi) is 4.37. The average Bonchev–Trinajstić information content (AvgIpc) is 3.09. The van der Waals surface area contributed by atoms with Crippen LogP contribution in [0.4, 0.5) is 24.4 Å². The van der Waals surface area contributed by atoms with E-state index in [0.717, 1.165) is 33.7 Å². The maximum absolute atomic E-state index is 13.7. The lowest BCUT2D eigenvalue weighted by atomic mass is 10.3. The van der Waals surface area contributed by atoms with E-state index in [-0.39, 0.29) is 5.69 Å². The molecule has 4 rings (SSSR count). The van der Waals surface area contributed by atoms with Gasteiger partial charge in [0.2, 0.25) is 0 Å². The van der Waals surface area contributed by atoms with Crippen LogP contribution in [-0.4, -0.2) is 47.1 Å². The number of nitrogens with zero attached hydrogens (tertiary/aromatic N) is 4. The number of fused-ring (bicyclic) bond motifs is 1. The van der Waals surface area contributed by atoms with Crippen LogP contribution in [0.15, 0.2) is 36.5 Å². The number of piperazine rings is 1. The van der Waals surface area contributed by atoms with Crippen LogP contribution in [0.3, 0.4) is 0 Å². The van der Waals surface area contributed by atoms with E-state index in [2.05, 4.69) is 20.2 Å². The van der Waals surface area contributed by atoms with Crippen molar-refractivity contribution in [2.24, 2.45) is 0 Å². The number of hydrogen-bond donors (Lipinski definition) is 1. The zero-order valence-corrected chi connectivity index (χ0v) is 14.5. The fraction of sp³-hybridized carbons (Fsp3) is 0.235. The molecular weight excluding hydrogens is 360 g/mol. The van der Waals surface area contributed by atoms with Gasteiger partial charge >= 0.3 is 6.03 Å². The molecule has 0 bridgehead atoms. The van der Waals surface area contributed by atoms with Gasteiger partial charge in [-0.3, -0.25) is 0 Å². The number of thiazole rings is 1. The van der Waals surface area contributed by atoms with E-state index < -0.39 is 17.7 Å². The highest BCUT2D eigenvalue weighted by molar-refractivity contribution is 7.21. The summed E-state index contributed by atoms with van der Waals surface area (Å²) in [5.74, 6) is -1.27. The second kappa shape index (κ2) is 6.83. The van der Waals surface area contributed by atoms with E-state index >= 15 is 0 Å². The van der Waals surface area contributed by atoms with Crippen molar-refractivity contribution in [1.82, 2.24) is 14.9 Å². The monoisotopic (exact) mass is 375 g/mol. The summed E-state index contributed by atoms with van der Waals surface area (Å²) in [7, 11) is 0. The van der Waals surface area contributed by atoms with Crippen molar-refractivity contribution >= 4 is 38.5 Å². The van der Waals surface area contributed by atoms with E-state index in [4.69, 9.17) is 0 Å². The topological polar surface area (TPSA) is 61.4 Å². The molecule has 0 atom stereocenters. The Balaban J connectivity index is 1.39. The van der Waals surface area contributed by atoms with E-state index in [1.54, 1.807) is 11.1 Å². The number of anilines is 2. The van der Waals surface area contributed by atoms with Gasteiger partial charge in [0, 0.05) is 38.4 Å². The minimum absolute atomic E-state index is 0.158. The number of urea groups is 1. The van der Waals surface area contributed by atoms with Crippen LogP contribution >= 0.6 is 11.3 Å². The van der Waals surface area contributed by atoms with Crippen molar-refractivity contribution in [1.29, 1.82) is 0 Å². The molecule has 6 nitrogen and oxygen atoms in total. The molecule has 0 aliphatic carbocycles. The Hall–Kier alpha value is -2.81. The van der Waals surface area contributed by atoms with Gasteiger partial charge in [-0.2, -0.15) is 0 Å². The first-order chi connectivity index (χ1) is 12.6. The van der Waals surface area contributed by atoms with Crippen LogP contribution in [0.2, 0.25) is 0 Å². The second-order valence-electron chi connectivity index (χ2n) is 5.85. The van der Waals surface area contributed by atoms with Crippen molar-refractivity contribution in [3.8, 4) is 0 Å². The molecule has 2 aromatic heterocycles. The number of amides is 2. The first-order valence-electron chi connectivity index (χ1n) is 8.07.